The maximum atomic E-state index is 11.0. The summed E-state index contributed by atoms with van der Waals surface area (Å²) < 4.78 is 0. The number of fused-ring (bicyclic) bond motifs is 1. The Labute approximate surface area is 95.3 Å². The van der Waals surface area contributed by atoms with Gasteiger partial charge >= 0.3 is 0 Å². The number of para-hydroxylation sites is 1. The summed E-state index contributed by atoms with van der Waals surface area (Å²) in [6, 6.07) is 6.09. The van der Waals surface area contributed by atoms with Crippen LogP contribution in [0.15, 0.2) is 24.4 Å². The molecule has 2 nitrogen and oxygen atoms in total. The molecule has 2 heteroatoms. The van der Waals surface area contributed by atoms with Gasteiger partial charge < -0.3 is 0 Å². The monoisotopic (exact) mass is 213 g/mol. The first-order valence-corrected chi connectivity index (χ1v) is 5.48. The minimum absolute atomic E-state index is 0.326. The molecule has 0 aliphatic carbocycles. The van der Waals surface area contributed by atoms with Gasteiger partial charge in [-0.05, 0) is 24.0 Å². The van der Waals surface area contributed by atoms with Crippen LogP contribution in [0.25, 0.3) is 10.9 Å². The summed E-state index contributed by atoms with van der Waals surface area (Å²) in [5.74, 6) is 0.326. The van der Waals surface area contributed by atoms with Crippen molar-refractivity contribution >= 4 is 17.2 Å². The standard InChI is InChI=1S/C14H15NO/c1-9(2)13-11(8-16)7-15-14-10(3)5-4-6-12(13)14/h4-9H,1-3H3. The van der Waals surface area contributed by atoms with Crippen molar-refractivity contribution in [3.05, 3.63) is 41.1 Å². The number of carbonyl (C=O) groups is 1. The van der Waals surface area contributed by atoms with E-state index in [0.29, 0.717) is 11.5 Å². The summed E-state index contributed by atoms with van der Waals surface area (Å²) in [5.41, 5.74) is 3.95. The van der Waals surface area contributed by atoms with Crippen LogP contribution in [-0.4, -0.2) is 11.3 Å². The van der Waals surface area contributed by atoms with E-state index in [9.17, 15) is 4.79 Å². The fourth-order valence-corrected chi connectivity index (χ4v) is 2.15. The van der Waals surface area contributed by atoms with Crippen molar-refractivity contribution in [2.24, 2.45) is 0 Å². The van der Waals surface area contributed by atoms with Gasteiger partial charge in [-0.3, -0.25) is 9.78 Å². The van der Waals surface area contributed by atoms with Gasteiger partial charge in [-0.2, -0.15) is 0 Å². The Morgan fingerprint density at radius 2 is 2.06 bits per heavy atom. The van der Waals surface area contributed by atoms with E-state index in [1.807, 2.05) is 25.1 Å². The molecule has 0 aliphatic rings. The lowest BCUT2D eigenvalue weighted by Crippen LogP contribution is -1.99. The number of nitrogens with zero attached hydrogens (tertiary/aromatic N) is 1. The first-order chi connectivity index (χ1) is 7.65. The van der Waals surface area contributed by atoms with Gasteiger partial charge in [0.2, 0.25) is 0 Å². The van der Waals surface area contributed by atoms with Crippen molar-refractivity contribution in [1.82, 2.24) is 4.98 Å². The highest BCUT2D eigenvalue weighted by Gasteiger charge is 2.12. The number of hydrogen-bond acceptors (Lipinski definition) is 2. The molecule has 0 atom stereocenters. The number of aldehydes is 1. The third-order valence-electron chi connectivity index (χ3n) is 2.88. The van der Waals surface area contributed by atoms with Crippen LogP contribution in [0.2, 0.25) is 0 Å². The number of aryl methyl sites for hydroxylation is 1. The maximum absolute atomic E-state index is 11.0. The topological polar surface area (TPSA) is 30.0 Å². The predicted molar refractivity (Wildman–Crippen MR) is 66.0 cm³/mol. The summed E-state index contributed by atoms with van der Waals surface area (Å²) in [5, 5.41) is 1.10. The van der Waals surface area contributed by atoms with Crippen LogP contribution in [0, 0.1) is 6.92 Å². The zero-order valence-electron chi connectivity index (χ0n) is 9.82. The SMILES string of the molecule is Cc1cccc2c(C(C)C)c(C=O)cnc12. The molecule has 0 N–H and O–H groups in total. The Morgan fingerprint density at radius 3 is 2.69 bits per heavy atom. The molecule has 1 aromatic carbocycles. The zero-order chi connectivity index (χ0) is 11.7. The second kappa shape index (κ2) is 4.05. The van der Waals surface area contributed by atoms with Gasteiger partial charge in [0.1, 0.15) is 0 Å². The van der Waals surface area contributed by atoms with Crippen molar-refractivity contribution in [2.45, 2.75) is 26.7 Å². The van der Waals surface area contributed by atoms with Crippen molar-refractivity contribution in [3.8, 4) is 0 Å². The Bertz CT molecular complexity index is 544. The van der Waals surface area contributed by atoms with Crippen molar-refractivity contribution in [2.75, 3.05) is 0 Å². The van der Waals surface area contributed by atoms with Crippen LogP contribution in [0.5, 0.6) is 0 Å². The lowest BCUT2D eigenvalue weighted by Gasteiger charge is -2.13. The number of aromatic nitrogens is 1. The zero-order valence-corrected chi connectivity index (χ0v) is 9.82. The van der Waals surface area contributed by atoms with E-state index in [4.69, 9.17) is 0 Å². The Hall–Kier alpha value is -1.70. The summed E-state index contributed by atoms with van der Waals surface area (Å²) in [6.07, 6.45) is 2.57. The third kappa shape index (κ3) is 1.60. The van der Waals surface area contributed by atoms with Crippen molar-refractivity contribution in [3.63, 3.8) is 0 Å². The average Bonchev–Trinajstić information content (AvgIpc) is 2.27. The van der Waals surface area contributed by atoms with Crippen molar-refractivity contribution in [1.29, 1.82) is 0 Å². The van der Waals surface area contributed by atoms with Crippen LogP contribution in [0.1, 0.15) is 41.3 Å². The summed E-state index contributed by atoms with van der Waals surface area (Å²) in [4.78, 5) is 15.4. The quantitative estimate of drug-likeness (QED) is 0.715. The van der Waals surface area contributed by atoms with Gasteiger partial charge in [0, 0.05) is 17.1 Å². The summed E-state index contributed by atoms with van der Waals surface area (Å²) in [7, 11) is 0. The highest BCUT2D eigenvalue weighted by atomic mass is 16.1. The Kier molecular flexibility index (Phi) is 2.73. The van der Waals surface area contributed by atoms with Gasteiger partial charge in [-0.15, -0.1) is 0 Å². The minimum atomic E-state index is 0.326. The van der Waals surface area contributed by atoms with Crippen LogP contribution >= 0.6 is 0 Å². The van der Waals surface area contributed by atoms with Gasteiger partial charge in [-0.1, -0.05) is 32.0 Å². The summed E-state index contributed by atoms with van der Waals surface area (Å²) >= 11 is 0. The summed E-state index contributed by atoms with van der Waals surface area (Å²) in [6.45, 7) is 6.24. The van der Waals surface area contributed by atoms with Crippen LogP contribution in [0.3, 0.4) is 0 Å². The van der Waals surface area contributed by atoms with Gasteiger partial charge in [0.05, 0.1) is 5.52 Å². The molecule has 0 fully saturated rings. The molecule has 1 heterocycles. The lowest BCUT2D eigenvalue weighted by atomic mass is 9.93. The van der Waals surface area contributed by atoms with E-state index in [1.165, 1.54) is 0 Å². The molecule has 0 bridgehead atoms. The smallest absolute Gasteiger partial charge is 0.151 e. The van der Waals surface area contributed by atoms with Gasteiger partial charge in [0.15, 0.2) is 6.29 Å². The number of carbonyl (C=O) groups excluding carboxylic acids is 1. The number of pyridine rings is 1. The van der Waals surface area contributed by atoms with Crippen LogP contribution in [0.4, 0.5) is 0 Å². The van der Waals surface area contributed by atoms with Gasteiger partial charge in [-0.25, -0.2) is 0 Å². The predicted octanol–water partition coefficient (Wildman–Crippen LogP) is 3.48. The fraction of sp³-hybridized carbons (Fsp3) is 0.286. The first kappa shape index (κ1) is 10.8. The van der Waals surface area contributed by atoms with Crippen LogP contribution in [-0.2, 0) is 0 Å². The molecule has 16 heavy (non-hydrogen) atoms. The minimum Gasteiger partial charge on any atom is -0.298 e. The first-order valence-electron chi connectivity index (χ1n) is 5.48. The molecule has 1 aromatic heterocycles. The molecule has 0 saturated carbocycles. The second-order valence-electron chi connectivity index (χ2n) is 4.37. The van der Waals surface area contributed by atoms with Gasteiger partial charge in [0.25, 0.3) is 0 Å². The fourth-order valence-electron chi connectivity index (χ4n) is 2.15. The average molecular weight is 213 g/mol. The second-order valence-corrected chi connectivity index (χ2v) is 4.37. The Balaban J connectivity index is 2.89. The highest BCUT2D eigenvalue weighted by Crippen LogP contribution is 2.28. The molecule has 0 spiro atoms. The molecule has 82 valence electrons. The van der Waals surface area contributed by atoms with E-state index in [2.05, 4.69) is 18.8 Å². The molecule has 0 saturated heterocycles. The third-order valence-corrected chi connectivity index (χ3v) is 2.88. The molecule has 0 unspecified atom stereocenters. The molecule has 2 rings (SSSR count). The number of benzene rings is 1. The van der Waals surface area contributed by atoms with E-state index >= 15 is 0 Å². The van der Waals surface area contributed by atoms with E-state index in [1.54, 1.807) is 6.20 Å². The van der Waals surface area contributed by atoms with Crippen LogP contribution < -0.4 is 0 Å². The van der Waals surface area contributed by atoms with E-state index < -0.39 is 0 Å². The normalized spacial score (nSPS) is 11.0. The van der Waals surface area contributed by atoms with Crippen molar-refractivity contribution < 1.29 is 4.79 Å². The molecule has 2 aromatic rings. The van der Waals surface area contributed by atoms with E-state index in [-0.39, 0.29) is 0 Å². The molecular formula is C14H15NO. The maximum Gasteiger partial charge on any atom is 0.151 e. The number of rotatable bonds is 2. The number of hydrogen-bond donors (Lipinski definition) is 0. The largest absolute Gasteiger partial charge is 0.298 e. The highest BCUT2D eigenvalue weighted by molar-refractivity contribution is 5.92. The molecule has 0 aliphatic heterocycles. The van der Waals surface area contributed by atoms with E-state index in [0.717, 1.165) is 28.3 Å². The molecule has 0 radical (unpaired) electrons. The molecular weight excluding hydrogens is 198 g/mol. The lowest BCUT2D eigenvalue weighted by molar-refractivity contribution is 0.112. The molecule has 0 amide bonds. The Morgan fingerprint density at radius 1 is 1.31 bits per heavy atom.